The second-order valence-corrected chi connectivity index (χ2v) is 3.68. The predicted molar refractivity (Wildman–Crippen MR) is 52.5 cm³/mol. The largest absolute Gasteiger partial charge is 0.458 e. The topological polar surface area (TPSA) is 35.0 Å². The third-order valence-corrected chi connectivity index (χ3v) is 1.26. The monoisotopic (exact) mass is 178 g/mol. The molecule has 1 heterocycles. The van der Waals surface area contributed by atoms with E-state index in [9.17, 15) is 0 Å². The number of hydrogen-bond acceptors (Lipinski definition) is 3. The highest BCUT2D eigenvalue weighted by molar-refractivity contribution is 5.40. The number of ether oxygens (including phenoxy) is 1. The average molecular weight is 178 g/mol. The SMILES string of the molecule is C=Cc1ccnc(OC(C)(C)C)n1. The number of aromatic nitrogens is 2. The van der Waals surface area contributed by atoms with Crippen LogP contribution in [0.5, 0.6) is 6.01 Å². The molecule has 0 aliphatic carbocycles. The Morgan fingerprint density at radius 3 is 2.69 bits per heavy atom. The molecule has 3 heteroatoms. The molecule has 0 bridgehead atoms. The standard InChI is InChI=1S/C10H14N2O/c1-5-8-6-7-11-9(12-8)13-10(2,3)4/h5-7H,1H2,2-4H3. The Balaban J connectivity index is 2.84. The smallest absolute Gasteiger partial charge is 0.317 e. The van der Waals surface area contributed by atoms with Crippen molar-refractivity contribution in [2.75, 3.05) is 0 Å². The van der Waals surface area contributed by atoms with Gasteiger partial charge in [0, 0.05) is 6.20 Å². The first kappa shape index (κ1) is 9.71. The van der Waals surface area contributed by atoms with Crippen molar-refractivity contribution in [3.8, 4) is 6.01 Å². The molecule has 0 amide bonds. The third kappa shape index (κ3) is 3.23. The van der Waals surface area contributed by atoms with Crippen LogP contribution in [0.2, 0.25) is 0 Å². The van der Waals surface area contributed by atoms with Crippen LogP contribution in [0.3, 0.4) is 0 Å². The summed E-state index contributed by atoms with van der Waals surface area (Å²) in [5, 5.41) is 0. The number of hydrogen-bond donors (Lipinski definition) is 0. The van der Waals surface area contributed by atoms with Crippen LogP contribution < -0.4 is 4.74 Å². The lowest BCUT2D eigenvalue weighted by atomic mass is 10.2. The minimum absolute atomic E-state index is 0.264. The van der Waals surface area contributed by atoms with Crippen LogP contribution >= 0.6 is 0 Å². The Hall–Kier alpha value is -1.38. The van der Waals surface area contributed by atoms with E-state index in [2.05, 4.69) is 16.5 Å². The van der Waals surface area contributed by atoms with Gasteiger partial charge in [0.15, 0.2) is 0 Å². The van der Waals surface area contributed by atoms with Crippen molar-refractivity contribution in [1.82, 2.24) is 9.97 Å². The molecule has 0 atom stereocenters. The summed E-state index contributed by atoms with van der Waals surface area (Å²) in [5.74, 6) is 0. The first-order valence-corrected chi connectivity index (χ1v) is 4.16. The van der Waals surface area contributed by atoms with Gasteiger partial charge in [-0.25, -0.2) is 4.98 Å². The maximum absolute atomic E-state index is 5.47. The zero-order valence-corrected chi connectivity index (χ0v) is 8.24. The van der Waals surface area contributed by atoms with Crippen LogP contribution in [0.4, 0.5) is 0 Å². The van der Waals surface area contributed by atoms with Crippen LogP contribution in [0.25, 0.3) is 6.08 Å². The van der Waals surface area contributed by atoms with Crippen molar-refractivity contribution in [3.05, 3.63) is 24.5 Å². The van der Waals surface area contributed by atoms with Gasteiger partial charge in [-0.05, 0) is 32.9 Å². The molecule has 70 valence electrons. The van der Waals surface area contributed by atoms with Crippen LogP contribution in [0.15, 0.2) is 18.8 Å². The maximum Gasteiger partial charge on any atom is 0.317 e. The minimum Gasteiger partial charge on any atom is -0.458 e. The number of rotatable bonds is 2. The van der Waals surface area contributed by atoms with E-state index < -0.39 is 0 Å². The molecule has 0 saturated carbocycles. The molecule has 13 heavy (non-hydrogen) atoms. The summed E-state index contributed by atoms with van der Waals surface area (Å²) in [6, 6.07) is 2.17. The van der Waals surface area contributed by atoms with Gasteiger partial charge in [-0.15, -0.1) is 0 Å². The summed E-state index contributed by atoms with van der Waals surface area (Å²) >= 11 is 0. The zero-order valence-electron chi connectivity index (χ0n) is 8.24. The molecule has 1 rings (SSSR count). The van der Waals surface area contributed by atoms with Gasteiger partial charge in [-0.2, -0.15) is 4.98 Å². The molecule has 0 radical (unpaired) electrons. The lowest BCUT2D eigenvalue weighted by molar-refractivity contribution is 0.116. The molecule has 1 aromatic rings. The van der Waals surface area contributed by atoms with Crippen LogP contribution in [-0.4, -0.2) is 15.6 Å². The molecular weight excluding hydrogens is 164 g/mol. The van der Waals surface area contributed by atoms with Gasteiger partial charge in [0.2, 0.25) is 0 Å². The van der Waals surface area contributed by atoms with Gasteiger partial charge in [0.1, 0.15) is 5.60 Å². The second-order valence-electron chi connectivity index (χ2n) is 3.68. The molecular formula is C10H14N2O. The Kier molecular flexibility index (Phi) is 2.66. The summed E-state index contributed by atoms with van der Waals surface area (Å²) in [6.45, 7) is 9.49. The normalized spacial score (nSPS) is 11.0. The van der Waals surface area contributed by atoms with Gasteiger partial charge in [-0.3, -0.25) is 0 Å². The molecule has 0 N–H and O–H groups in total. The quantitative estimate of drug-likeness (QED) is 0.697. The molecule has 0 unspecified atom stereocenters. The second kappa shape index (κ2) is 3.56. The van der Waals surface area contributed by atoms with Crippen molar-refractivity contribution in [1.29, 1.82) is 0 Å². The van der Waals surface area contributed by atoms with Crippen LogP contribution in [0.1, 0.15) is 26.5 Å². The average Bonchev–Trinajstić information content (AvgIpc) is 2.01. The fraction of sp³-hybridized carbons (Fsp3) is 0.400. The van der Waals surface area contributed by atoms with Gasteiger partial charge in [-0.1, -0.05) is 6.58 Å². The highest BCUT2D eigenvalue weighted by atomic mass is 16.5. The summed E-state index contributed by atoms with van der Waals surface area (Å²) in [4.78, 5) is 8.12. The van der Waals surface area contributed by atoms with Crippen molar-refractivity contribution >= 4 is 6.08 Å². The van der Waals surface area contributed by atoms with E-state index in [-0.39, 0.29) is 5.60 Å². The van der Waals surface area contributed by atoms with E-state index in [1.807, 2.05) is 20.8 Å². The Labute approximate surface area is 78.5 Å². The molecule has 3 nitrogen and oxygen atoms in total. The summed E-state index contributed by atoms with van der Waals surface area (Å²) < 4.78 is 5.47. The Morgan fingerprint density at radius 1 is 1.46 bits per heavy atom. The van der Waals surface area contributed by atoms with E-state index >= 15 is 0 Å². The Bertz CT molecular complexity index is 302. The van der Waals surface area contributed by atoms with Gasteiger partial charge >= 0.3 is 6.01 Å². The fourth-order valence-corrected chi connectivity index (χ4v) is 0.791. The van der Waals surface area contributed by atoms with Crippen molar-refractivity contribution < 1.29 is 4.74 Å². The molecule has 0 aromatic carbocycles. The van der Waals surface area contributed by atoms with E-state index in [0.29, 0.717) is 6.01 Å². The summed E-state index contributed by atoms with van der Waals surface area (Å²) in [7, 11) is 0. The van der Waals surface area contributed by atoms with Gasteiger partial charge < -0.3 is 4.74 Å². The lowest BCUT2D eigenvalue weighted by Crippen LogP contribution is -2.24. The summed E-state index contributed by atoms with van der Waals surface area (Å²) in [5.41, 5.74) is 0.508. The van der Waals surface area contributed by atoms with Crippen LogP contribution in [0, 0.1) is 0 Å². The van der Waals surface area contributed by atoms with Crippen LogP contribution in [-0.2, 0) is 0 Å². The maximum atomic E-state index is 5.47. The molecule has 1 aromatic heterocycles. The third-order valence-electron chi connectivity index (χ3n) is 1.26. The van der Waals surface area contributed by atoms with Gasteiger partial charge in [0.25, 0.3) is 0 Å². The predicted octanol–water partition coefficient (Wildman–Crippen LogP) is 2.30. The molecule has 0 aliphatic rings. The fourth-order valence-electron chi connectivity index (χ4n) is 0.791. The van der Waals surface area contributed by atoms with Crippen molar-refractivity contribution in [2.45, 2.75) is 26.4 Å². The van der Waals surface area contributed by atoms with E-state index in [4.69, 9.17) is 4.74 Å². The van der Waals surface area contributed by atoms with Crippen molar-refractivity contribution in [3.63, 3.8) is 0 Å². The minimum atomic E-state index is -0.264. The molecule has 0 spiro atoms. The first-order chi connectivity index (χ1) is 6.01. The molecule has 0 saturated heterocycles. The highest BCUT2D eigenvalue weighted by Crippen LogP contribution is 2.12. The van der Waals surface area contributed by atoms with E-state index in [1.165, 1.54) is 0 Å². The lowest BCUT2D eigenvalue weighted by Gasteiger charge is -2.19. The van der Waals surface area contributed by atoms with E-state index in [1.54, 1.807) is 18.3 Å². The first-order valence-electron chi connectivity index (χ1n) is 4.16. The van der Waals surface area contributed by atoms with E-state index in [0.717, 1.165) is 5.69 Å². The molecule has 0 fully saturated rings. The summed E-state index contributed by atoms with van der Waals surface area (Å²) in [6.07, 6.45) is 3.32. The van der Waals surface area contributed by atoms with Gasteiger partial charge in [0.05, 0.1) is 5.69 Å². The molecule has 0 aliphatic heterocycles. The highest BCUT2D eigenvalue weighted by Gasteiger charge is 2.13. The Morgan fingerprint density at radius 2 is 2.15 bits per heavy atom. The van der Waals surface area contributed by atoms with Crippen molar-refractivity contribution in [2.24, 2.45) is 0 Å². The number of nitrogens with zero attached hydrogens (tertiary/aromatic N) is 2. The zero-order chi connectivity index (χ0) is 9.90.